The highest BCUT2D eigenvalue weighted by Crippen LogP contribution is 2.15. The molecule has 4 rings (SSSR count). The van der Waals surface area contributed by atoms with E-state index in [1.165, 1.54) is 19.0 Å². The maximum absolute atomic E-state index is 5.79. The van der Waals surface area contributed by atoms with Crippen LogP contribution in [0, 0.1) is 0 Å². The third-order valence-electron chi connectivity index (χ3n) is 3.78. The Hall–Kier alpha value is -2.88. The Labute approximate surface area is 178 Å². The molecule has 0 saturated carbocycles. The summed E-state index contributed by atoms with van der Waals surface area (Å²) in [7, 11) is 0. The van der Waals surface area contributed by atoms with E-state index >= 15 is 0 Å². The molecule has 2 heterocycles. The molecule has 2 aromatic carbocycles. The van der Waals surface area contributed by atoms with Gasteiger partial charge in [0.15, 0.2) is 0 Å². The van der Waals surface area contributed by atoms with Crippen LogP contribution in [0.3, 0.4) is 0 Å². The molecule has 9 heteroatoms. The van der Waals surface area contributed by atoms with Crippen molar-refractivity contribution in [3.05, 3.63) is 89.4 Å². The Morgan fingerprint density at radius 1 is 0.931 bits per heavy atom. The van der Waals surface area contributed by atoms with Crippen LogP contribution in [0.1, 0.15) is 37.1 Å². The van der Waals surface area contributed by atoms with Crippen LogP contribution in [0.4, 0.5) is 0 Å². The minimum Gasteiger partial charge on any atom is -0.324 e. The van der Waals surface area contributed by atoms with Gasteiger partial charge in [0.1, 0.15) is 25.3 Å². The SMILES string of the molecule is C[C@H](N)c1cccc(-n2cncn2)c1.C[C@H](N)c1cccc(Br)c1.c1nc[nH]n1. The van der Waals surface area contributed by atoms with Crippen LogP contribution < -0.4 is 11.5 Å². The summed E-state index contributed by atoms with van der Waals surface area (Å²) < 4.78 is 2.80. The number of aromatic nitrogens is 6. The van der Waals surface area contributed by atoms with Crippen LogP contribution in [0.2, 0.25) is 0 Å². The lowest BCUT2D eigenvalue weighted by atomic mass is 10.1. The summed E-state index contributed by atoms with van der Waals surface area (Å²) in [6.07, 6.45) is 6.14. The lowest BCUT2D eigenvalue weighted by Crippen LogP contribution is -2.05. The van der Waals surface area contributed by atoms with E-state index in [1.807, 2.05) is 62.4 Å². The maximum Gasteiger partial charge on any atom is 0.138 e. The Bertz CT molecular complexity index is 920. The molecule has 2 atom stereocenters. The smallest absolute Gasteiger partial charge is 0.138 e. The Morgan fingerprint density at radius 3 is 2.07 bits per heavy atom. The first-order valence-corrected chi connectivity index (χ1v) is 9.77. The number of halogens is 1. The Morgan fingerprint density at radius 2 is 1.62 bits per heavy atom. The molecule has 5 N–H and O–H groups in total. The second-order valence-corrected chi connectivity index (χ2v) is 7.13. The van der Waals surface area contributed by atoms with Gasteiger partial charge in [-0.3, -0.25) is 5.10 Å². The molecule has 0 saturated heterocycles. The van der Waals surface area contributed by atoms with Gasteiger partial charge in [0.25, 0.3) is 0 Å². The van der Waals surface area contributed by atoms with Crippen molar-refractivity contribution in [3.63, 3.8) is 0 Å². The van der Waals surface area contributed by atoms with E-state index in [2.05, 4.69) is 41.2 Å². The molecule has 0 unspecified atom stereocenters. The summed E-state index contributed by atoms with van der Waals surface area (Å²) >= 11 is 3.37. The molecule has 0 amide bonds. The predicted molar refractivity (Wildman–Crippen MR) is 117 cm³/mol. The second kappa shape index (κ2) is 11.8. The van der Waals surface area contributed by atoms with Gasteiger partial charge in [0, 0.05) is 16.6 Å². The van der Waals surface area contributed by atoms with Crippen LogP contribution in [0.25, 0.3) is 5.69 Å². The highest BCUT2D eigenvalue weighted by Gasteiger charge is 2.01. The average Bonchev–Trinajstić information content (AvgIpc) is 3.45. The van der Waals surface area contributed by atoms with Gasteiger partial charge in [-0.1, -0.05) is 40.2 Å². The number of aromatic amines is 1. The zero-order valence-electron chi connectivity index (χ0n) is 16.4. The van der Waals surface area contributed by atoms with Crippen molar-refractivity contribution in [2.75, 3.05) is 0 Å². The molecule has 0 radical (unpaired) electrons. The van der Waals surface area contributed by atoms with Crippen molar-refractivity contribution in [1.29, 1.82) is 0 Å². The molecule has 8 nitrogen and oxygen atoms in total. The molecule has 4 aromatic rings. The van der Waals surface area contributed by atoms with Gasteiger partial charge < -0.3 is 11.5 Å². The lowest BCUT2D eigenvalue weighted by Gasteiger charge is -2.07. The Balaban J connectivity index is 0.000000173. The van der Waals surface area contributed by atoms with Crippen molar-refractivity contribution < 1.29 is 0 Å². The zero-order chi connectivity index (χ0) is 21.1. The van der Waals surface area contributed by atoms with Crippen LogP contribution >= 0.6 is 15.9 Å². The zero-order valence-corrected chi connectivity index (χ0v) is 17.9. The minimum absolute atomic E-state index is 0.0403. The summed E-state index contributed by atoms with van der Waals surface area (Å²) in [5, 5.41) is 10.0. The predicted octanol–water partition coefficient (Wildman–Crippen LogP) is 3.56. The van der Waals surface area contributed by atoms with Gasteiger partial charge in [-0.15, -0.1) is 0 Å². The van der Waals surface area contributed by atoms with Crippen molar-refractivity contribution in [3.8, 4) is 5.69 Å². The van der Waals surface area contributed by atoms with Crippen LogP contribution in [-0.2, 0) is 0 Å². The molecule has 0 spiro atoms. The van der Waals surface area contributed by atoms with Crippen LogP contribution in [-0.4, -0.2) is 29.9 Å². The van der Waals surface area contributed by atoms with E-state index in [9.17, 15) is 0 Å². The van der Waals surface area contributed by atoms with E-state index in [1.54, 1.807) is 11.0 Å². The first-order chi connectivity index (χ1) is 14.0. The topological polar surface area (TPSA) is 124 Å². The quantitative estimate of drug-likeness (QED) is 0.432. The highest BCUT2D eigenvalue weighted by atomic mass is 79.9. The van der Waals surface area contributed by atoms with E-state index < -0.39 is 0 Å². The summed E-state index contributed by atoms with van der Waals surface area (Å²) in [6.45, 7) is 3.93. The minimum atomic E-state index is 0.0403. The number of benzene rings is 2. The molecule has 0 aliphatic heterocycles. The van der Waals surface area contributed by atoms with E-state index in [0.29, 0.717) is 0 Å². The van der Waals surface area contributed by atoms with E-state index in [0.717, 1.165) is 21.3 Å². The maximum atomic E-state index is 5.79. The van der Waals surface area contributed by atoms with Crippen molar-refractivity contribution in [2.24, 2.45) is 11.5 Å². The summed E-state index contributed by atoms with van der Waals surface area (Å²) in [5.41, 5.74) is 14.7. The third kappa shape index (κ3) is 7.94. The molecule has 0 bridgehead atoms. The molecular formula is C20H25BrN8. The number of rotatable bonds is 3. The standard InChI is InChI=1S/C10H12N4.C8H10BrN.C2H3N3/c1-8(11)9-3-2-4-10(5-9)14-7-12-6-13-14;1-6(10)7-3-2-4-8(9)5-7;1-3-2-5-4-1/h2-8H,11H2,1H3;2-6H,10H2,1H3;1-2H,(H,3,4,5)/t8-;6-;/m00./s1. The number of hydrogen-bond acceptors (Lipinski definition) is 6. The lowest BCUT2D eigenvalue weighted by molar-refractivity contribution is 0.809. The normalized spacial score (nSPS) is 12.0. The first-order valence-electron chi connectivity index (χ1n) is 8.97. The van der Waals surface area contributed by atoms with Gasteiger partial charge in [-0.25, -0.2) is 14.6 Å². The van der Waals surface area contributed by atoms with Crippen LogP contribution in [0.5, 0.6) is 0 Å². The molecule has 0 aliphatic rings. The van der Waals surface area contributed by atoms with Crippen molar-refractivity contribution >= 4 is 15.9 Å². The number of hydrogen-bond donors (Lipinski definition) is 3. The van der Waals surface area contributed by atoms with E-state index in [-0.39, 0.29) is 12.1 Å². The Kier molecular flexibility index (Phi) is 9.16. The molecule has 152 valence electrons. The molecule has 29 heavy (non-hydrogen) atoms. The molecule has 2 aromatic heterocycles. The average molecular weight is 457 g/mol. The number of nitrogens with one attached hydrogen (secondary N) is 1. The van der Waals surface area contributed by atoms with Gasteiger partial charge in [-0.2, -0.15) is 10.2 Å². The number of H-pyrrole nitrogens is 1. The van der Waals surface area contributed by atoms with Gasteiger partial charge >= 0.3 is 0 Å². The molecule has 0 aliphatic carbocycles. The first kappa shape index (κ1) is 22.4. The monoisotopic (exact) mass is 456 g/mol. The largest absolute Gasteiger partial charge is 0.324 e. The molecular weight excluding hydrogens is 432 g/mol. The fourth-order valence-electron chi connectivity index (χ4n) is 2.25. The summed E-state index contributed by atoms with van der Waals surface area (Å²) in [5.74, 6) is 0. The summed E-state index contributed by atoms with van der Waals surface area (Å²) in [4.78, 5) is 7.45. The van der Waals surface area contributed by atoms with Gasteiger partial charge in [0.2, 0.25) is 0 Å². The fraction of sp³-hybridized carbons (Fsp3) is 0.200. The van der Waals surface area contributed by atoms with Crippen LogP contribution in [0.15, 0.2) is 78.3 Å². The molecule has 0 fully saturated rings. The van der Waals surface area contributed by atoms with Gasteiger partial charge in [-0.05, 0) is 49.2 Å². The van der Waals surface area contributed by atoms with Crippen molar-refractivity contribution in [1.82, 2.24) is 29.9 Å². The highest BCUT2D eigenvalue weighted by molar-refractivity contribution is 9.10. The fourth-order valence-corrected chi connectivity index (χ4v) is 2.67. The second-order valence-electron chi connectivity index (χ2n) is 6.22. The number of nitrogens with zero attached hydrogens (tertiary/aromatic N) is 5. The summed E-state index contributed by atoms with van der Waals surface area (Å²) in [6, 6.07) is 16.2. The van der Waals surface area contributed by atoms with Gasteiger partial charge in [0.05, 0.1) is 5.69 Å². The number of nitrogens with two attached hydrogens (primary N) is 2. The van der Waals surface area contributed by atoms with E-state index in [4.69, 9.17) is 11.5 Å². The third-order valence-corrected chi connectivity index (χ3v) is 4.28. The van der Waals surface area contributed by atoms with Crippen molar-refractivity contribution in [2.45, 2.75) is 25.9 Å².